The third kappa shape index (κ3) is 3.86. The molecule has 1 N–H and O–H groups in total. The van der Waals surface area contributed by atoms with Crippen LogP contribution in [-0.2, 0) is 16.0 Å². The molecule has 2 aliphatic rings. The van der Waals surface area contributed by atoms with E-state index in [0.29, 0.717) is 43.3 Å². The second-order valence-corrected chi connectivity index (χ2v) is 7.51. The molecular formula is C18H28N4O3. The zero-order valence-electron chi connectivity index (χ0n) is 15.4. The molecule has 1 amide bonds. The van der Waals surface area contributed by atoms with Crippen molar-refractivity contribution in [3.63, 3.8) is 0 Å². The monoisotopic (exact) mass is 348 g/mol. The molecule has 0 aliphatic carbocycles. The fourth-order valence-electron chi connectivity index (χ4n) is 3.75. The number of morpholine rings is 1. The average Bonchev–Trinajstić information content (AvgIpc) is 2.94. The van der Waals surface area contributed by atoms with Crippen molar-refractivity contribution in [3.8, 4) is 0 Å². The molecule has 2 fully saturated rings. The predicted octanol–water partition coefficient (Wildman–Crippen LogP) is 1.25. The number of hydrogen-bond donors (Lipinski definition) is 1. The number of anilines is 1. The number of likely N-dealkylation sites (tertiary alicyclic amines) is 1. The number of hydrogen-bond acceptors (Lipinski definition) is 5. The fourth-order valence-corrected chi connectivity index (χ4v) is 3.75. The number of aromatic amines is 1. The Morgan fingerprint density at radius 1 is 1.28 bits per heavy atom. The largest absolute Gasteiger partial charge is 0.378 e. The molecule has 0 radical (unpaired) electrons. The molecule has 138 valence electrons. The SMILES string of the molecule is Cc1nc(N2CCOCC2)[nH]c(=O)c1CCC(=O)N1CCCC1(C)C. The Kier molecular flexibility index (Phi) is 5.13. The van der Waals surface area contributed by atoms with Gasteiger partial charge in [0.25, 0.3) is 5.56 Å². The quantitative estimate of drug-likeness (QED) is 0.886. The van der Waals surface area contributed by atoms with Crippen molar-refractivity contribution >= 4 is 11.9 Å². The molecule has 25 heavy (non-hydrogen) atoms. The Morgan fingerprint density at radius 2 is 2.00 bits per heavy atom. The van der Waals surface area contributed by atoms with E-state index >= 15 is 0 Å². The fraction of sp³-hybridized carbons (Fsp3) is 0.722. The summed E-state index contributed by atoms with van der Waals surface area (Å²) >= 11 is 0. The van der Waals surface area contributed by atoms with E-state index in [0.717, 1.165) is 32.5 Å². The van der Waals surface area contributed by atoms with Gasteiger partial charge in [-0.2, -0.15) is 0 Å². The molecule has 0 atom stereocenters. The lowest BCUT2D eigenvalue weighted by molar-refractivity contribution is -0.134. The van der Waals surface area contributed by atoms with Gasteiger partial charge in [-0.1, -0.05) is 0 Å². The summed E-state index contributed by atoms with van der Waals surface area (Å²) in [5.41, 5.74) is 1.11. The molecule has 0 spiro atoms. The van der Waals surface area contributed by atoms with Crippen molar-refractivity contribution in [2.24, 2.45) is 0 Å². The van der Waals surface area contributed by atoms with Crippen molar-refractivity contribution < 1.29 is 9.53 Å². The minimum atomic E-state index is -0.137. The standard InChI is InChI=1S/C18H28N4O3/c1-13-14(5-6-15(23)22-8-4-7-18(22,2)3)16(24)20-17(19-13)21-9-11-25-12-10-21/h4-12H2,1-3H3,(H,19,20,24). The number of H-pyrrole nitrogens is 1. The van der Waals surface area contributed by atoms with Crippen LogP contribution in [0.25, 0.3) is 0 Å². The highest BCUT2D eigenvalue weighted by molar-refractivity contribution is 5.77. The van der Waals surface area contributed by atoms with Crippen molar-refractivity contribution in [1.82, 2.24) is 14.9 Å². The number of carbonyl (C=O) groups excluding carboxylic acids is 1. The first-order valence-electron chi connectivity index (χ1n) is 9.11. The predicted molar refractivity (Wildman–Crippen MR) is 96.0 cm³/mol. The molecule has 3 rings (SSSR count). The summed E-state index contributed by atoms with van der Waals surface area (Å²) in [7, 11) is 0. The van der Waals surface area contributed by atoms with Crippen LogP contribution in [0.4, 0.5) is 5.95 Å². The van der Waals surface area contributed by atoms with Crippen LogP contribution in [0.15, 0.2) is 4.79 Å². The lowest BCUT2D eigenvalue weighted by Gasteiger charge is -2.31. The average molecular weight is 348 g/mol. The first kappa shape index (κ1) is 17.9. The smallest absolute Gasteiger partial charge is 0.255 e. The molecule has 0 unspecified atom stereocenters. The Morgan fingerprint density at radius 3 is 2.60 bits per heavy atom. The number of aromatic nitrogens is 2. The van der Waals surface area contributed by atoms with E-state index in [1.54, 1.807) is 0 Å². The molecule has 3 heterocycles. The van der Waals surface area contributed by atoms with Crippen molar-refractivity contribution in [3.05, 3.63) is 21.6 Å². The summed E-state index contributed by atoms with van der Waals surface area (Å²) < 4.78 is 5.33. The highest BCUT2D eigenvalue weighted by Gasteiger charge is 2.35. The highest BCUT2D eigenvalue weighted by Crippen LogP contribution is 2.28. The Hall–Kier alpha value is -1.89. The topological polar surface area (TPSA) is 78.5 Å². The second-order valence-electron chi connectivity index (χ2n) is 7.51. The molecule has 7 nitrogen and oxygen atoms in total. The lowest BCUT2D eigenvalue weighted by Crippen LogP contribution is -2.43. The molecule has 1 aromatic heterocycles. The number of ether oxygens (including phenoxy) is 1. The Balaban J connectivity index is 1.68. The van der Waals surface area contributed by atoms with Gasteiger partial charge in [-0.3, -0.25) is 14.6 Å². The van der Waals surface area contributed by atoms with Crippen LogP contribution < -0.4 is 10.5 Å². The van der Waals surface area contributed by atoms with Crippen LogP contribution in [0, 0.1) is 6.92 Å². The minimum Gasteiger partial charge on any atom is -0.378 e. The van der Waals surface area contributed by atoms with E-state index in [-0.39, 0.29) is 17.0 Å². The molecule has 0 aromatic carbocycles. The maximum atomic E-state index is 12.5. The van der Waals surface area contributed by atoms with Gasteiger partial charge in [-0.15, -0.1) is 0 Å². The summed E-state index contributed by atoms with van der Waals surface area (Å²) in [5.74, 6) is 0.722. The van der Waals surface area contributed by atoms with Gasteiger partial charge in [-0.25, -0.2) is 4.98 Å². The van der Waals surface area contributed by atoms with E-state index < -0.39 is 0 Å². The second kappa shape index (κ2) is 7.15. The van der Waals surface area contributed by atoms with Gasteiger partial charge in [0.05, 0.1) is 13.2 Å². The third-order valence-electron chi connectivity index (χ3n) is 5.31. The van der Waals surface area contributed by atoms with E-state index in [1.165, 1.54) is 0 Å². The Bertz CT molecular complexity index is 692. The summed E-state index contributed by atoms with van der Waals surface area (Å²) in [6.45, 7) is 9.61. The molecule has 0 saturated carbocycles. The first-order chi connectivity index (χ1) is 11.9. The molecule has 2 aliphatic heterocycles. The van der Waals surface area contributed by atoms with Crippen LogP contribution >= 0.6 is 0 Å². The van der Waals surface area contributed by atoms with Gasteiger partial charge < -0.3 is 14.5 Å². The van der Waals surface area contributed by atoms with Gasteiger partial charge in [0.15, 0.2) is 0 Å². The first-order valence-corrected chi connectivity index (χ1v) is 9.11. The maximum Gasteiger partial charge on any atom is 0.255 e. The summed E-state index contributed by atoms with van der Waals surface area (Å²) in [5, 5.41) is 0. The Labute approximate surface area is 148 Å². The van der Waals surface area contributed by atoms with Crippen molar-refractivity contribution in [2.75, 3.05) is 37.7 Å². The minimum absolute atomic E-state index is 0.0724. The van der Waals surface area contributed by atoms with Gasteiger partial charge in [0.1, 0.15) is 0 Å². The van der Waals surface area contributed by atoms with Crippen molar-refractivity contribution in [1.29, 1.82) is 0 Å². The van der Waals surface area contributed by atoms with E-state index in [4.69, 9.17) is 4.74 Å². The zero-order valence-corrected chi connectivity index (χ0v) is 15.4. The number of carbonyl (C=O) groups is 1. The van der Waals surface area contributed by atoms with Crippen molar-refractivity contribution in [2.45, 2.75) is 52.0 Å². The van der Waals surface area contributed by atoms with Gasteiger partial charge >= 0.3 is 0 Å². The number of nitrogens with one attached hydrogen (secondary N) is 1. The summed E-state index contributed by atoms with van der Waals surface area (Å²) in [6, 6.07) is 0. The third-order valence-corrected chi connectivity index (χ3v) is 5.31. The number of aryl methyl sites for hydroxylation is 1. The summed E-state index contributed by atoms with van der Waals surface area (Å²) in [4.78, 5) is 36.4. The van der Waals surface area contributed by atoms with Crippen LogP contribution in [0.3, 0.4) is 0 Å². The van der Waals surface area contributed by atoms with Gasteiger partial charge in [0.2, 0.25) is 11.9 Å². The highest BCUT2D eigenvalue weighted by atomic mass is 16.5. The molecular weight excluding hydrogens is 320 g/mol. The number of amides is 1. The summed E-state index contributed by atoms with van der Waals surface area (Å²) in [6.07, 6.45) is 2.87. The number of rotatable bonds is 4. The van der Waals surface area contributed by atoms with Crippen LogP contribution in [0.2, 0.25) is 0 Å². The molecule has 2 saturated heterocycles. The van der Waals surface area contributed by atoms with Gasteiger partial charge in [0, 0.05) is 42.9 Å². The van der Waals surface area contributed by atoms with E-state index in [1.807, 2.05) is 16.7 Å². The normalized spacial score (nSPS) is 20.1. The molecule has 1 aromatic rings. The van der Waals surface area contributed by atoms with E-state index in [2.05, 4.69) is 23.8 Å². The maximum absolute atomic E-state index is 12.5. The van der Waals surface area contributed by atoms with Crippen LogP contribution in [0.5, 0.6) is 0 Å². The lowest BCUT2D eigenvalue weighted by atomic mass is 10.0. The number of nitrogens with zero attached hydrogens (tertiary/aromatic N) is 3. The molecule has 0 bridgehead atoms. The van der Waals surface area contributed by atoms with Gasteiger partial charge in [-0.05, 0) is 40.0 Å². The zero-order chi connectivity index (χ0) is 18.0. The van der Waals surface area contributed by atoms with Crippen LogP contribution in [-0.4, -0.2) is 59.2 Å². The van der Waals surface area contributed by atoms with Crippen LogP contribution in [0.1, 0.15) is 44.4 Å². The van der Waals surface area contributed by atoms with E-state index in [9.17, 15) is 9.59 Å². The molecule has 7 heteroatoms.